The Morgan fingerprint density at radius 3 is 2.30 bits per heavy atom. The number of hydrogen-bond acceptors (Lipinski definition) is 1. The van der Waals surface area contributed by atoms with Crippen LogP contribution in [0.2, 0.25) is 0 Å². The molecule has 0 heterocycles. The van der Waals surface area contributed by atoms with Crippen molar-refractivity contribution in [3.63, 3.8) is 0 Å². The highest BCUT2D eigenvalue weighted by Gasteiger charge is 1.99. The molecule has 0 atom stereocenters. The zero-order chi connectivity index (χ0) is 13.8. The molecule has 20 heavy (non-hydrogen) atoms. The molecular formula is C19H17N. The molecule has 0 aliphatic rings. The maximum absolute atomic E-state index is 4.69. The van der Waals surface area contributed by atoms with Gasteiger partial charge in [0.15, 0.2) is 0 Å². The molecule has 0 aliphatic carbocycles. The number of aliphatic imine (C=N–C) groups is 1. The fourth-order valence-corrected chi connectivity index (χ4v) is 2.30. The maximum atomic E-state index is 4.69. The minimum atomic E-state index is 0.736. The quantitative estimate of drug-likeness (QED) is 0.596. The van der Waals surface area contributed by atoms with Crippen LogP contribution in [0.15, 0.2) is 77.8 Å². The lowest BCUT2D eigenvalue weighted by atomic mass is 10.0. The van der Waals surface area contributed by atoms with Gasteiger partial charge in [0.2, 0.25) is 0 Å². The van der Waals surface area contributed by atoms with Gasteiger partial charge in [-0.15, -0.1) is 0 Å². The van der Waals surface area contributed by atoms with Gasteiger partial charge in [0.1, 0.15) is 0 Å². The van der Waals surface area contributed by atoms with Crippen LogP contribution in [0.1, 0.15) is 18.1 Å². The Kier molecular flexibility index (Phi) is 3.60. The third-order valence-electron chi connectivity index (χ3n) is 3.51. The molecule has 3 aromatic carbocycles. The van der Waals surface area contributed by atoms with Crippen LogP contribution in [-0.4, -0.2) is 5.71 Å². The van der Waals surface area contributed by atoms with Gasteiger partial charge in [-0.2, -0.15) is 0 Å². The molecule has 0 N–H and O–H groups in total. The monoisotopic (exact) mass is 259 g/mol. The van der Waals surface area contributed by atoms with E-state index in [2.05, 4.69) is 78.6 Å². The minimum Gasteiger partial charge on any atom is -0.285 e. The van der Waals surface area contributed by atoms with Crippen molar-refractivity contribution in [3.8, 4) is 0 Å². The van der Waals surface area contributed by atoms with Gasteiger partial charge >= 0.3 is 0 Å². The molecule has 0 saturated carbocycles. The molecule has 0 saturated heterocycles. The van der Waals surface area contributed by atoms with Gasteiger partial charge < -0.3 is 0 Å². The summed E-state index contributed by atoms with van der Waals surface area (Å²) in [5.41, 5.74) is 3.52. The van der Waals surface area contributed by atoms with E-state index in [1.807, 2.05) is 6.07 Å². The smallest absolute Gasteiger partial charge is 0.0643 e. The van der Waals surface area contributed by atoms with Gasteiger partial charge in [0.05, 0.1) is 6.54 Å². The first kappa shape index (κ1) is 12.6. The van der Waals surface area contributed by atoms with E-state index in [-0.39, 0.29) is 0 Å². The number of fused-ring (bicyclic) bond motifs is 1. The summed E-state index contributed by atoms with van der Waals surface area (Å²) < 4.78 is 0. The van der Waals surface area contributed by atoms with Gasteiger partial charge in [-0.25, -0.2) is 0 Å². The normalized spacial score (nSPS) is 11.8. The van der Waals surface area contributed by atoms with E-state index in [1.165, 1.54) is 21.9 Å². The average molecular weight is 259 g/mol. The van der Waals surface area contributed by atoms with E-state index >= 15 is 0 Å². The first-order valence-corrected chi connectivity index (χ1v) is 6.87. The molecule has 3 aromatic rings. The lowest BCUT2D eigenvalue weighted by Gasteiger charge is -2.04. The van der Waals surface area contributed by atoms with E-state index in [0.29, 0.717) is 0 Å². The van der Waals surface area contributed by atoms with Gasteiger partial charge in [0, 0.05) is 5.71 Å². The van der Waals surface area contributed by atoms with Crippen LogP contribution in [0.4, 0.5) is 0 Å². The summed E-state index contributed by atoms with van der Waals surface area (Å²) in [5, 5.41) is 2.53. The molecule has 0 fully saturated rings. The van der Waals surface area contributed by atoms with Crippen LogP contribution >= 0.6 is 0 Å². The van der Waals surface area contributed by atoms with Gasteiger partial charge in [-0.05, 0) is 34.9 Å². The Morgan fingerprint density at radius 2 is 1.50 bits per heavy atom. The Bertz CT molecular complexity index is 742. The van der Waals surface area contributed by atoms with Gasteiger partial charge in [-0.1, -0.05) is 66.7 Å². The molecule has 3 rings (SSSR count). The molecule has 1 heteroatoms. The van der Waals surface area contributed by atoms with Crippen molar-refractivity contribution in [2.24, 2.45) is 4.99 Å². The topological polar surface area (TPSA) is 12.4 Å². The van der Waals surface area contributed by atoms with Crippen LogP contribution in [0.3, 0.4) is 0 Å². The zero-order valence-electron chi connectivity index (χ0n) is 11.6. The zero-order valence-corrected chi connectivity index (χ0v) is 11.6. The van der Waals surface area contributed by atoms with E-state index in [9.17, 15) is 0 Å². The van der Waals surface area contributed by atoms with Gasteiger partial charge in [0.25, 0.3) is 0 Å². The Morgan fingerprint density at radius 1 is 0.800 bits per heavy atom. The second kappa shape index (κ2) is 5.70. The second-order valence-corrected chi connectivity index (χ2v) is 4.95. The van der Waals surface area contributed by atoms with Crippen LogP contribution in [-0.2, 0) is 6.54 Å². The molecule has 0 radical (unpaired) electrons. The summed E-state index contributed by atoms with van der Waals surface area (Å²) in [4.78, 5) is 4.69. The summed E-state index contributed by atoms with van der Waals surface area (Å²) in [6, 6.07) is 25.3. The molecule has 98 valence electrons. The standard InChI is InChI=1S/C19H17N/c1-15(20-14-16-7-3-2-4-8-16)18-12-11-17-9-5-6-10-19(17)13-18/h2-13H,14H2,1H3. The van der Waals surface area contributed by atoms with Gasteiger partial charge in [-0.3, -0.25) is 4.99 Å². The van der Waals surface area contributed by atoms with Crippen LogP contribution in [0.25, 0.3) is 10.8 Å². The molecule has 0 aliphatic heterocycles. The lowest BCUT2D eigenvalue weighted by molar-refractivity contribution is 1.07. The summed E-state index contributed by atoms with van der Waals surface area (Å²) in [6.07, 6.45) is 0. The van der Waals surface area contributed by atoms with Crippen molar-refractivity contribution in [3.05, 3.63) is 83.9 Å². The van der Waals surface area contributed by atoms with E-state index < -0.39 is 0 Å². The highest BCUT2D eigenvalue weighted by molar-refractivity contribution is 6.01. The predicted molar refractivity (Wildman–Crippen MR) is 86.3 cm³/mol. The highest BCUT2D eigenvalue weighted by atomic mass is 14.7. The Balaban J connectivity index is 1.86. The molecular weight excluding hydrogens is 242 g/mol. The number of nitrogens with zero attached hydrogens (tertiary/aromatic N) is 1. The largest absolute Gasteiger partial charge is 0.285 e. The second-order valence-electron chi connectivity index (χ2n) is 4.95. The maximum Gasteiger partial charge on any atom is 0.0643 e. The SMILES string of the molecule is CC(=NCc1ccccc1)c1ccc2ccccc2c1. The summed E-state index contributed by atoms with van der Waals surface area (Å²) in [5.74, 6) is 0. The molecule has 0 aromatic heterocycles. The molecule has 0 spiro atoms. The number of rotatable bonds is 3. The summed E-state index contributed by atoms with van der Waals surface area (Å²) >= 11 is 0. The van der Waals surface area contributed by atoms with Crippen molar-refractivity contribution in [1.29, 1.82) is 0 Å². The van der Waals surface area contributed by atoms with Crippen LogP contribution < -0.4 is 0 Å². The van der Waals surface area contributed by atoms with Crippen molar-refractivity contribution in [1.82, 2.24) is 0 Å². The van der Waals surface area contributed by atoms with E-state index in [0.717, 1.165) is 12.3 Å². The summed E-state index contributed by atoms with van der Waals surface area (Å²) in [7, 11) is 0. The molecule has 0 bridgehead atoms. The number of benzene rings is 3. The predicted octanol–water partition coefficient (Wildman–Crippen LogP) is 4.85. The first-order chi connectivity index (χ1) is 9.83. The van der Waals surface area contributed by atoms with Crippen LogP contribution in [0.5, 0.6) is 0 Å². The number of hydrogen-bond donors (Lipinski definition) is 0. The fraction of sp³-hybridized carbons (Fsp3) is 0.105. The van der Waals surface area contributed by atoms with Crippen molar-refractivity contribution in [2.75, 3.05) is 0 Å². The average Bonchev–Trinajstić information content (AvgIpc) is 2.53. The van der Waals surface area contributed by atoms with Crippen molar-refractivity contribution in [2.45, 2.75) is 13.5 Å². The Hall–Kier alpha value is -2.41. The lowest BCUT2D eigenvalue weighted by Crippen LogP contribution is -1.95. The third kappa shape index (κ3) is 2.77. The van der Waals surface area contributed by atoms with E-state index in [4.69, 9.17) is 0 Å². The third-order valence-corrected chi connectivity index (χ3v) is 3.51. The van der Waals surface area contributed by atoms with Crippen LogP contribution in [0, 0.1) is 0 Å². The van der Waals surface area contributed by atoms with Crippen molar-refractivity contribution >= 4 is 16.5 Å². The molecule has 0 amide bonds. The van der Waals surface area contributed by atoms with Crippen molar-refractivity contribution < 1.29 is 0 Å². The fourth-order valence-electron chi connectivity index (χ4n) is 2.30. The highest BCUT2D eigenvalue weighted by Crippen LogP contribution is 2.16. The molecule has 1 nitrogen and oxygen atoms in total. The Labute approximate surface area is 119 Å². The first-order valence-electron chi connectivity index (χ1n) is 6.87. The van der Waals surface area contributed by atoms with E-state index in [1.54, 1.807) is 0 Å². The summed E-state index contributed by atoms with van der Waals surface area (Å²) in [6.45, 7) is 2.81. The minimum absolute atomic E-state index is 0.736. The molecule has 0 unspecified atom stereocenters.